The molecule has 0 aliphatic heterocycles. The molecule has 1 rings (SSSR count). The number of primary amides is 1. The van der Waals surface area contributed by atoms with Gasteiger partial charge >= 0.3 is 5.97 Å². The first-order valence-corrected chi connectivity index (χ1v) is 5.43. The Bertz CT molecular complexity index is 375. The molecule has 0 aliphatic carbocycles. The highest BCUT2D eigenvalue weighted by Gasteiger charge is 2.13. The van der Waals surface area contributed by atoms with E-state index in [0.717, 1.165) is 9.88 Å². The summed E-state index contributed by atoms with van der Waals surface area (Å²) in [5.41, 5.74) is 5.04. The van der Waals surface area contributed by atoms with Gasteiger partial charge in [-0.2, -0.15) is 0 Å². The number of carbonyl (C=O) groups is 2. The van der Waals surface area contributed by atoms with Gasteiger partial charge in [-0.1, -0.05) is 0 Å². The molecule has 6 nitrogen and oxygen atoms in total. The Labute approximate surface area is 96.7 Å². The number of hydrogen-bond donors (Lipinski definition) is 2. The molecule has 16 heavy (non-hydrogen) atoms. The molecule has 1 aromatic heterocycles. The molecule has 3 N–H and O–H groups in total. The zero-order valence-corrected chi connectivity index (χ0v) is 9.66. The summed E-state index contributed by atoms with van der Waals surface area (Å²) in [6.07, 6.45) is 1.68. The molecule has 0 unspecified atom stereocenters. The van der Waals surface area contributed by atoms with Crippen molar-refractivity contribution in [2.75, 3.05) is 13.1 Å². The molecule has 7 heteroatoms. The molecule has 0 atom stereocenters. The van der Waals surface area contributed by atoms with Crippen molar-refractivity contribution in [1.29, 1.82) is 0 Å². The van der Waals surface area contributed by atoms with Crippen LogP contribution in [0, 0.1) is 6.92 Å². The van der Waals surface area contributed by atoms with Crippen molar-refractivity contribution >= 4 is 23.2 Å². The van der Waals surface area contributed by atoms with E-state index in [9.17, 15) is 9.59 Å². The zero-order valence-electron chi connectivity index (χ0n) is 8.84. The van der Waals surface area contributed by atoms with Gasteiger partial charge in [0.15, 0.2) is 0 Å². The third-order valence-electron chi connectivity index (χ3n) is 1.79. The second-order valence-corrected chi connectivity index (χ2v) is 4.67. The number of nitrogens with zero attached hydrogens (tertiary/aromatic N) is 2. The minimum absolute atomic E-state index is 0.0662. The van der Waals surface area contributed by atoms with Gasteiger partial charge in [0.05, 0.1) is 18.1 Å². The fraction of sp³-hybridized carbons (Fsp3) is 0.444. The van der Waals surface area contributed by atoms with Crippen LogP contribution < -0.4 is 5.73 Å². The van der Waals surface area contributed by atoms with Crippen molar-refractivity contribution in [3.63, 3.8) is 0 Å². The van der Waals surface area contributed by atoms with Crippen molar-refractivity contribution in [2.24, 2.45) is 5.73 Å². The van der Waals surface area contributed by atoms with Crippen molar-refractivity contribution in [3.05, 3.63) is 16.1 Å². The molecule has 0 spiro atoms. The number of aliphatic carboxylic acids is 1. The van der Waals surface area contributed by atoms with Crippen LogP contribution in [-0.4, -0.2) is 40.0 Å². The van der Waals surface area contributed by atoms with Gasteiger partial charge in [0.25, 0.3) is 0 Å². The topological polar surface area (TPSA) is 96.5 Å². The predicted octanol–water partition coefficient (Wildman–Crippen LogP) is -0.177. The minimum Gasteiger partial charge on any atom is -0.480 e. The third kappa shape index (κ3) is 4.37. The van der Waals surface area contributed by atoms with Crippen LogP contribution in [0.4, 0.5) is 0 Å². The van der Waals surface area contributed by atoms with Crippen LogP contribution in [0.1, 0.15) is 9.88 Å². The van der Waals surface area contributed by atoms with Crippen molar-refractivity contribution < 1.29 is 14.7 Å². The molecule has 0 saturated heterocycles. The van der Waals surface area contributed by atoms with E-state index < -0.39 is 11.9 Å². The average molecular weight is 243 g/mol. The fourth-order valence-corrected chi connectivity index (χ4v) is 2.12. The number of carboxylic acid groups (broad SMARTS) is 1. The van der Waals surface area contributed by atoms with E-state index in [2.05, 4.69) is 4.98 Å². The van der Waals surface area contributed by atoms with Gasteiger partial charge < -0.3 is 10.8 Å². The van der Waals surface area contributed by atoms with Gasteiger partial charge in [0.1, 0.15) is 0 Å². The molecule has 0 fully saturated rings. The summed E-state index contributed by atoms with van der Waals surface area (Å²) in [6, 6.07) is 0. The van der Waals surface area contributed by atoms with Crippen molar-refractivity contribution in [1.82, 2.24) is 9.88 Å². The van der Waals surface area contributed by atoms with Crippen molar-refractivity contribution in [3.8, 4) is 0 Å². The Balaban J connectivity index is 2.62. The van der Waals surface area contributed by atoms with Crippen LogP contribution in [0.5, 0.6) is 0 Å². The number of aryl methyl sites for hydroxylation is 1. The van der Waals surface area contributed by atoms with E-state index in [1.807, 2.05) is 6.92 Å². The highest BCUT2D eigenvalue weighted by atomic mass is 32.1. The highest BCUT2D eigenvalue weighted by Crippen LogP contribution is 2.13. The second-order valence-electron chi connectivity index (χ2n) is 3.35. The number of aromatic nitrogens is 1. The summed E-state index contributed by atoms with van der Waals surface area (Å²) in [7, 11) is 0. The molecule has 0 bridgehead atoms. The molecule has 1 aromatic rings. The van der Waals surface area contributed by atoms with Crippen LogP contribution in [0.2, 0.25) is 0 Å². The summed E-state index contributed by atoms with van der Waals surface area (Å²) >= 11 is 1.47. The van der Waals surface area contributed by atoms with Crippen LogP contribution in [0.15, 0.2) is 6.20 Å². The maximum atomic E-state index is 10.8. The molecular formula is C9H13N3O3S. The average Bonchev–Trinajstić information content (AvgIpc) is 2.48. The van der Waals surface area contributed by atoms with E-state index in [1.165, 1.54) is 16.2 Å². The Morgan fingerprint density at radius 2 is 2.25 bits per heavy atom. The first kappa shape index (κ1) is 12.6. The molecule has 0 aliphatic rings. The van der Waals surface area contributed by atoms with Crippen LogP contribution in [0.3, 0.4) is 0 Å². The third-order valence-corrected chi connectivity index (χ3v) is 2.68. The first-order valence-electron chi connectivity index (χ1n) is 4.61. The smallest absolute Gasteiger partial charge is 0.317 e. The monoisotopic (exact) mass is 243 g/mol. The lowest BCUT2D eigenvalue weighted by atomic mass is 10.4. The minimum atomic E-state index is -0.984. The highest BCUT2D eigenvalue weighted by molar-refractivity contribution is 7.11. The van der Waals surface area contributed by atoms with Gasteiger partial charge in [0.2, 0.25) is 5.91 Å². The number of nitrogens with two attached hydrogens (primary N) is 1. The Morgan fingerprint density at radius 3 is 2.69 bits per heavy atom. The maximum Gasteiger partial charge on any atom is 0.317 e. The van der Waals surface area contributed by atoms with Crippen LogP contribution in [0.25, 0.3) is 0 Å². The van der Waals surface area contributed by atoms with E-state index in [1.54, 1.807) is 6.20 Å². The largest absolute Gasteiger partial charge is 0.480 e. The van der Waals surface area contributed by atoms with Gasteiger partial charge in [-0.15, -0.1) is 11.3 Å². The molecule has 0 aromatic carbocycles. The summed E-state index contributed by atoms with van der Waals surface area (Å²) < 4.78 is 0. The summed E-state index contributed by atoms with van der Waals surface area (Å²) in [4.78, 5) is 27.8. The van der Waals surface area contributed by atoms with Gasteiger partial charge in [-0.05, 0) is 6.92 Å². The molecule has 1 amide bonds. The lowest BCUT2D eigenvalue weighted by molar-refractivity contribution is -0.138. The first-order chi connectivity index (χ1) is 7.47. The van der Waals surface area contributed by atoms with E-state index >= 15 is 0 Å². The predicted molar refractivity (Wildman–Crippen MR) is 59.0 cm³/mol. The maximum absolute atomic E-state index is 10.8. The molecule has 0 saturated carbocycles. The van der Waals surface area contributed by atoms with Gasteiger partial charge in [-0.25, -0.2) is 4.98 Å². The number of thiazole rings is 1. The number of amides is 1. The number of carboxylic acids is 1. The zero-order chi connectivity index (χ0) is 12.1. The molecule has 1 heterocycles. The SMILES string of the molecule is Cc1ncc(CN(CC(N)=O)CC(=O)O)s1. The fourth-order valence-electron chi connectivity index (χ4n) is 1.28. The Morgan fingerprint density at radius 1 is 1.56 bits per heavy atom. The number of hydrogen-bond acceptors (Lipinski definition) is 5. The Hall–Kier alpha value is -1.47. The summed E-state index contributed by atoms with van der Waals surface area (Å²) in [5.74, 6) is -1.52. The molecular weight excluding hydrogens is 230 g/mol. The van der Waals surface area contributed by atoms with Crippen LogP contribution in [-0.2, 0) is 16.1 Å². The summed E-state index contributed by atoms with van der Waals surface area (Å²) in [5, 5.41) is 9.58. The van der Waals surface area contributed by atoms with E-state index in [-0.39, 0.29) is 13.1 Å². The van der Waals surface area contributed by atoms with Gasteiger partial charge in [-0.3, -0.25) is 14.5 Å². The number of rotatable bonds is 6. The normalized spacial score (nSPS) is 10.6. The Kier molecular flexibility index (Phi) is 4.39. The van der Waals surface area contributed by atoms with Crippen LogP contribution >= 0.6 is 11.3 Å². The second kappa shape index (κ2) is 5.57. The van der Waals surface area contributed by atoms with E-state index in [0.29, 0.717) is 6.54 Å². The molecule has 88 valence electrons. The summed E-state index contributed by atoms with van der Waals surface area (Å²) in [6.45, 7) is 1.97. The standard InChI is InChI=1S/C9H13N3O3S/c1-6-11-2-7(16-6)3-12(4-8(10)13)5-9(14)15/h2H,3-5H2,1H3,(H2,10,13)(H,14,15). The lowest BCUT2D eigenvalue weighted by Gasteiger charge is -2.16. The van der Waals surface area contributed by atoms with Crippen molar-refractivity contribution in [2.45, 2.75) is 13.5 Å². The van der Waals surface area contributed by atoms with E-state index in [4.69, 9.17) is 10.8 Å². The lowest BCUT2D eigenvalue weighted by Crippen LogP contribution is -2.36. The quantitative estimate of drug-likeness (QED) is 0.722. The molecule has 0 radical (unpaired) electrons. The number of carbonyl (C=O) groups excluding carboxylic acids is 1. The van der Waals surface area contributed by atoms with Gasteiger partial charge in [0, 0.05) is 17.6 Å².